The van der Waals surface area contributed by atoms with Gasteiger partial charge in [-0.15, -0.1) is 0 Å². The van der Waals surface area contributed by atoms with Crippen molar-refractivity contribution in [1.82, 2.24) is 10.4 Å². The minimum absolute atomic E-state index is 0.0255. The van der Waals surface area contributed by atoms with Crippen LogP contribution in [0.25, 0.3) is 0 Å². The summed E-state index contributed by atoms with van der Waals surface area (Å²) in [5.74, 6) is 0.00722. The lowest BCUT2D eigenvalue weighted by Gasteiger charge is -2.20. The molecule has 0 aliphatic carbocycles. The summed E-state index contributed by atoms with van der Waals surface area (Å²) in [6.45, 7) is 0.0255. The topological polar surface area (TPSA) is 97.7 Å². The van der Waals surface area contributed by atoms with Crippen molar-refractivity contribution in [3.8, 4) is 0 Å². The van der Waals surface area contributed by atoms with Crippen LogP contribution in [0.2, 0.25) is 0 Å². The summed E-state index contributed by atoms with van der Waals surface area (Å²) in [4.78, 5) is 3.58. The summed E-state index contributed by atoms with van der Waals surface area (Å²) in [6, 6.07) is 0. The van der Waals surface area contributed by atoms with Crippen molar-refractivity contribution in [2.24, 2.45) is 10.7 Å². The maximum atomic E-state index is 8.68. The van der Waals surface area contributed by atoms with Gasteiger partial charge in [0.25, 0.3) is 0 Å². The zero-order valence-corrected chi connectivity index (χ0v) is 4.63. The number of nitrogens with two attached hydrogens (primary N) is 1. The Morgan fingerprint density at radius 1 is 1.89 bits per heavy atom. The van der Waals surface area contributed by atoms with Gasteiger partial charge in [-0.25, -0.2) is 10.1 Å². The van der Waals surface area contributed by atoms with Crippen molar-refractivity contribution in [3.63, 3.8) is 0 Å². The molecule has 0 aromatic carbocycles. The second-order valence-corrected chi connectivity index (χ2v) is 1.56. The number of hydroxylamine groups is 2. The summed E-state index contributed by atoms with van der Waals surface area (Å²) in [7, 11) is 0. The van der Waals surface area contributed by atoms with Crippen molar-refractivity contribution in [2.45, 2.75) is 0 Å². The number of hydrogen-bond acceptors (Lipinski definition) is 4. The molecule has 1 rings (SSSR count). The van der Waals surface area contributed by atoms with Crippen LogP contribution in [0.15, 0.2) is 4.99 Å². The quantitative estimate of drug-likeness (QED) is 0.319. The van der Waals surface area contributed by atoms with Crippen LogP contribution in [0.3, 0.4) is 0 Å². The molecule has 50 valence electrons. The number of guanidine groups is 2. The molecule has 0 spiro atoms. The van der Waals surface area contributed by atoms with Crippen molar-refractivity contribution in [3.05, 3.63) is 0 Å². The number of hydrogen-bond donors (Lipinski definition) is 4. The molecule has 1 heterocycles. The summed E-state index contributed by atoms with van der Waals surface area (Å²) in [5, 5.41) is 18.6. The smallest absolute Gasteiger partial charge is 0.224 e. The minimum Gasteiger partial charge on any atom is -0.370 e. The first-order valence-corrected chi connectivity index (χ1v) is 2.32. The Morgan fingerprint density at radius 3 is 3.00 bits per heavy atom. The molecule has 0 fully saturated rings. The number of nitrogens with zero attached hydrogens (tertiary/aromatic N) is 2. The normalized spacial score (nSPS) is 19.0. The third-order valence-electron chi connectivity index (χ3n) is 0.880. The molecular weight excluding hydrogens is 122 g/mol. The van der Waals surface area contributed by atoms with E-state index in [0.29, 0.717) is 5.06 Å². The molecule has 0 saturated carbocycles. The van der Waals surface area contributed by atoms with E-state index in [1.54, 1.807) is 0 Å². The Hall–Kier alpha value is -1.30. The number of aliphatic imine (C=N–C) groups is 1. The van der Waals surface area contributed by atoms with E-state index in [-0.39, 0.29) is 18.6 Å². The van der Waals surface area contributed by atoms with Crippen molar-refractivity contribution < 1.29 is 5.21 Å². The first kappa shape index (κ1) is 5.83. The van der Waals surface area contributed by atoms with E-state index < -0.39 is 0 Å². The molecule has 0 saturated heterocycles. The fourth-order valence-electron chi connectivity index (χ4n) is 0.439. The van der Waals surface area contributed by atoms with Gasteiger partial charge in [0.15, 0.2) is 5.96 Å². The van der Waals surface area contributed by atoms with Crippen molar-refractivity contribution in [2.75, 3.05) is 6.67 Å². The van der Waals surface area contributed by atoms with Gasteiger partial charge >= 0.3 is 0 Å². The van der Waals surface area contributed by atoms with Gasteiger partial charge in [0.1, 0.15) is 6.67 Å². The molecule has 0 atom stereocenters. The SMILES string of the molecule is N=C1NC(N)=NCN1O. The maximum Gasteiger partial charge on any atom is 0.224 e. The van der Waals surface area contributed by atoms with Crippen LogP contribution in [0, 0.1) is 5.41 Å². The molecule has 0 aromatic rings. The average Bonchev–Trinajstić information content (AvgIpc) is 1.80. The Kier molecular flexibility index (Phi) is 1.23. The molecule has 0 aromatic heterocycles. The predicted octanol–water partition coefficient (Wildman–Crippen LogP) is -1.51. The zero-order chi connectivity index (χ0) is 6.85. The standard InChI is InChI=1S/C3H7N5O/c4-2-6-1-8(9)3(5)7-2/h9H,1H2,(H4,4,5,6,7). The Balaban J connectivity index is 2.65. The molecule has 0 amide bonds. The predicted molar refractivity (Wildman–Crippen MR) is 31.0 cm³/mol. The monoisotopic (exact) mass is 129 g/mol. The van der Waals surface area contributed by atoms with Crippen LogP contribution in [0.1, 0.15) is 0 Å². The van der Waals surface area contributed by atoms with Gasteiger partial charge in [-0.3, -0.25) is 15.9 Å². The van der Waals surface area contributed by atoms with Crippen molar-refractivity contribution >= 4 is 11.9 Å². The van der Waals surface area contributed by atoms with E-state index in [4.69, 9.17) is 16.4 Å². The van der Waals surface area contributed by atoms with Crippen LogP contribution in [0.5, 0.6) is 0 Å². The fraction of sp³-hybridized carbons (Fsp3) is 0.333. The minimum atomic E-state index is -0.150. The van der Waals surface area contributed by atoms with Gasteiger partial charge < -0.3 is 5.73 Å². The molecular formula is C3H7N5O. The van der Waals surface area contributed by atoms with Gasteiger partial charge in [-0.05, 0) is 0 Å². The number of nitrogens with one attached hydrogen (secondary N) is 2. The highest BCUT2D eigenvalue weighted by atomic mass is 16.5. The second-order valence-electron chi connectivity index (χ2n) is 1.56. The van der Waals surface area contributed by atoms with Gasteiger partial charge in [0.2, 0.25) is 5.96 Å². The molecule has 1 aliphatic heterocycles. The lowest BCUT2D eigenvalue weighted by Crippen LogP contribution is -2.49. The van der Waals surface area contributed by atoms with Crippen LogP contribution in [0.4, 0.5) is 0 Å². The highest BCUT2D eigenvalue weighted by Gasteiger charge is 2.10. The lowest BCUT2D eigenvalue weighted by atomic mass is 10.7. The first-order chi connectivity index (χ1) is 4.20. The maximum absolute atomic E-state index is 8.68. The molecule has 5 N–H and O–H groups in total. The van der Waals surface area contributed by atoms with Crippen LogP contribution < -0.4 is 11.1 Å². The van der Waals surface area contributed by atoms with Gasteiger partial charge in [0, 0.05) is 0 Å². The lowest BCUT2D eigenvalue weighted by molar-refractivity contribution is -0.0179. The Labute approximate surface area is 51.4 Å². The van der Waals surface area contributed by atoms with Gasteiger partial charge in [-0.1, -0.05) is 0 Å². The van der Waals surface area contributed by atoms with Crippen LogP contribution in [-0.2, 0) is 0 Å². The third kappa shape index (κ3) is 1.08. The molecule has 0 radical (unpaired) electrons. The molecule has 6 nitrogen and oxygen atoms in total. The number of rotatable bonds is 0. The van der Waals surface area contributed by atoms with Crippen LogP contribution >= 0.6 is 0 Å². The largest absolute Gasteiger partial charge is 0.370 e. The van der Waals surface area contributed by atoms with Gasteiger partial charge in [0.05, 0.1) is 0 Å². The molecule has 6 heteroatoms. The van der Waals surface area contributed by atoms with Gasteiger partial charge in [-0.2, -0.15) is 0 Å². The third-order valence-corrected chi connectivity index (χ3v) is 0.880. The summed E-state index contributed by atoms with van der Waals surface area (Å²) >= 11 is 0. The average molecular weight is 129 g/mol. The van der Waals surface area contributed by atoms with E-state index in [1.165, 1.54) is 0 Å². The molecule has 9 heavy (non-hydrogen) atoms. The highest BCUT2D eigenvalue weighted by molar-refractivity contribution is 5.97. The first-order valence-electron chi connectivity index (χ1n) is 2.32. The summed E-state index contributed by atoms with van der Waals surface area (Å²) in [6.07, 6.45) is 0. The zero-order valence-electron chi connectivity index (χ0n) is 4.63. The van der Waals surface area contributed by atoms with E-state index >= 15 is 0 Å². The second kappa shape index (κ2) is 1.90. The highest BCUT2D eigenvalue weighted by Crippen LogP contribution is 1.86. The van der Waals surface area contributed by atoms with E-state index in [9.17, 15) is 0 Å². The fourth-order valence-corrected chi connectivity index (χ4v) is 0.439. The van der Waals surface area contributed by atoms with E-state index in [0.717, 1.165) is 0 Å². The summed E-state index contributed by atoms with van der Waals surface area (Å²) < 4.78 is 0. The summed E-state index contributed by atoms with van der Waals surface area (Å²) in [5.41, 5.74) is 5.15. The Morgan fingerprint density at radius 2 is 2.56 bits per heavy atom. The van der Waals surface area contributed by atoms with E-state index in [1.807, 2.05) is 0 Å². The van der Waals surface area contributed by atoms with E-state index in [2.05, 4.69) is 10.3 Å². The molecule has 0 unspecified atom stereocenters. The Bertz CT molecular complexity index is 164. The molecule has 1 aliphatic rings. The van der Waals surface area contributed by atoms with Crippen LogP contribution in [-0.4, -0.2) is 28.9 Å². The molecule has 0 bridgehead atoms. The van der Waals surface area contributed by atoms with Crippen molar-refractivity contribution in [1.29, 1.82) is 5.41 Å².